The maximum Gasteiger partial charge on any atom is 0.100 e. The first-order valence-corrected chi connectivity index (χ1v) is 6.90. The minimum Gasteiger partial charge on any atom is -0.386 e. The normalized spacial score (nSPS) is 21.8. The molecule has 102 valence electrons. The van der Waals surface area contributed by atoms with E-state index in [0.717, 1.165) is 18.4 Å². The summed E-state index contributed by atoms with van der Waals surface area (Å²) in [5.41, 5.74) is 0.813. The molecule has 4 heteroatoms. The van der Waals surface area contributed by atoms with Crippen molar-refractivity contribution in [3.8, 4) is 0 Å². The number of rotatable bonds is 3. The van der Waals surface area contributed by atoms with E-state index in [1.807, 2.05) is 13.2 Å². The van der Waals surface area contributed by atoms with Gasteiger partial charge in [0.1, 0.15) is 6.10 Å². The van der Waals surface area contributed by atoms with Crippen molar-refractivity contribution in [2.45, 2.75) is 50.2 Å². The standard InChI is InChI=1S/C14H25N3O/c1-16(2)14(8-6-4-5-7-9-14)13(18)12-10-15-17(3)11-12/h10-11,13,18H,4-9H2,1-3H3. The lowest BCUT2D eigenvalue weighted by atomic mass is 9.81. The molecule has 0 bridgehead atoms. The second kappa shape index (κ2) is 5.41. The Morgan fingerprint density at radius 3 is 2.33 bits per heavy atom. The summed E-state index contributed by atoms with van der Waals surface area (Å²) < 4.78 is 1.76. The number of aryl methyl sites for hydroxylation is 1. The molecule has 1 saturated carbocycles. The van der Waals surface area contributed by atoms with Gasteiger partial charge in [-0.25, -0.2) is 0 Å². The van der Waals surface area contributed by atoms with E-state index in [0.29, 0.717) is 0 Å². The second-order valence-corrected chi connectivity index (χ2v) is 5.76. The van der Waals surface area contributed by atoms with Crippen LogP contribution in [-0.2, 0) is 7.05 Å². The van der Waals surface area contributed by atoms with Crippen LogP contribution in [0.3, 0.4) is 0 Å². The predicted molar refractivity (Wildman–Crippen MR) is 72.3 cm³/mol. The molecule has 1 aromatic rings. The van der Waals surface area contributed by atoms with Crippen molar-refractivity contribution < 1.29 is 5.11 Å². The van der Waals surface area contributed by atoms with Gasteiger partial charge < -0.3 is 10.0 Å². The number of nitrogens with zero attached hydrogens (tertiary/aromatic N) is 3. The molecule has 1 heterocycles. The third-order valence-corrected chi connectivity index (χ3v) is 4.41. The number of aliphatic hydroxyl groups is 1. The van der Waals surface area contributed by atoms with Gasteiger partial charge in [-0.15, -0.1) is 0 Å². The molecule has 1 N–H and O–H groups in total. The minimum atomic E-state index is -0.445. The highest BCUT2D eigenvalue weighted by Gasteiger charge is 2.41. The summed E-state index contributed by atoms with van der Waals surface area (Å²) in [4.78, 5) is 2.22. The van der Waals surface area contributed by atoms with Gasteiger partial charge in [0.2, 0.25) is 0 Å². The second-order valence-electron chi connectivity index (χ2n) is 5.76. The van der Waals surface area contributed by atoms with Crippen molar-refractivity contribution >= 4 is 0 Å². The Hall–Kier alpha value is -0.870. The molecule has 1 unspecified atom stereocenters. The molecule has 0 saturated heterocycles. The Bertz CT molecular complexity index is 378. The quantitative estimate of drug-likeness (QED) is 0.837. The van der Waals surface area contributed by atoms with Crippen LogP contribution in [0.1, 0.15) is 50.2 Å². The maximum absolute atomic E-state index is 10.8. The van der Waals surface area contributed by atoms with Crippen LogP contribution >= 0.6 is 0 Å². The van der Waals surface area contributed by atoms with E-state index in [-0.39, 0.29) is 5.54 Å². The van der Waals surface area contributed by atoms with Crippen LogP contribution in [0.15, 0.2) is 12.4 Å². The molecular weight excluding hydrogens is 226 g/mol. The van der Waals surface area contributed by atoms with E-state index in [4.69, 9.17) is 0 Å². The number of hydrogen-bond acceptors (Lipinski definition) is 3. The third kappa shape index (κ3) is 2.45. The Labute approximate surface area is 110 Å². The van der Waals surface area contributed by atoms with Gasteiger partial charge in [-0.2, -0.15) is 5.10 Å². The monoisotopic (exact) mass is 251 g/mol. The first-order valence-electron chi connectivity index (χ1n) is 6.90. The van der Waals surface area contributed by atoms with Crippen LogP contribution in [0.5, 0.6) is 0 Å². The number of hydrogen-bond donors (Lipinski definition) is 1. The van der Waals surface area contributed by atoms with Crippen molar-refractivity contribution in [1.82, 2.24) is 14.7 Å². The first-order chi connectivity index (χ1) is 8.56. The number of aliphatic hydroxyl groups excluding tert-OH is 1. The Morgan fingerprint density at radius 2 is 1.89 bits per heavy atom. The van der Waals surface area contributed by atoms with Crippen molar-refractivity contribution in [2.75, 3.05) is 14.1 Å². The number of likely N-dealkylation sites (N-methyl/N-ethyl adjacent to an activating group) is 1. The first kappa shape index (κ1) is 13.6. The molecule has 0 radical (unpaired) electrons. The lowest BCUT2D eigenvalue weighted by Gasteiger charge is -2.43. The van der Waals surface area contributed by atoms with Crippen molar-refractivity contribution in [2.24, 2.45) is 7.05 Å². The smallest absolute Gasteiger partial charge is 0.100 e. The zero-order chi connectivity index (χ0) is 13.2. The molecule has 0 amide bonds. The molecule has 0 aliphatic heterocycles. The van der Waals surface area contributed by atoms with Gasteiger partial charge in [-0.3, -0.25) is 4.68 Å². The zero-order valence-corrected chi connectivity index (χ0v) is 11.8. The molecule has 1 atom stereocenters. The molecule has 1 aliphatic carbocycles. The number of aromatic nitrogens is 2. The molecule has 0 aromatic carbocycles. The van der Waals surface area contributed by atoms with Gasteiger partial charge in [0, 0.05) is 18.8 Å². The van der Waals surface area contributed by atoms with Crippen LogP contribution < -0.4 is 0 Å². The summed E-state index contributed by atoms with van der Waals surface area (Å²) in [5, 5.41) is 15.0. The molecule has 1 fully saturated rings. The summed E-state index contributed by atoms with van der Waals surface area (Å²) in [6.45, 7) is 0. The minimum absolute atomic E-state index is 0.125. The summed E-state index contributed by atoms with van der Waals surface area (Å²) in [7, 11) is 6.07. The van der Waals surface area contributed by atoms with E-state index in [1.54, 1.807) is 10.9 Å². The summed E-state index contributed by atoms with van der Waals surface area (Å²) >= 11 is 0. The van der Waals surface area contributed by atoms with Crippen LogP contribution in [0, 0.1) is 0 Å². The van der Waals surface area contributed by atoms with Crippen LogP contribution in [0.25, 0.3) is 0 Å². The summed E-state index contributed by atoms with van der Waals surface area (Å²) in [5.74, 6) is 0. The highest BCUT2D eigenvalue weighted by Crippen LogP contribution is 2.40. The highest BCUT2D eigenvalue weighted by atomic mass is 16.3. The van der Waals surface area contributed by atoms with E-state index < -0.39 is 6.10 Å². The maximum atomic E-state index is 10.8. The van der Waals surface area contributed by atoms with Gasteiger partial charge in [-0.05, 0) is 26.9 Å². The molecule has 0 spiro atoms. The van der Waals surface area contributed by atoms with Gasteiger partial charge in [0.05, 0.1) is 11.7 Å². The lowest BCUT2D eigenvalue weighted by Crippen LogP contribution is -2.48. The molecule has 1 aromatic heterocycles. The van der Waals surface area contributed by atoms with Crippen molar-refractivity contribution in [3.05, 3.63) is 18.0 Å². The molecule has 2 rings (SSSR count). The predicted octanol–water partition coefficient (Wildman–Crippen LogP) is 2.11. The molecular formula is C14H25N3O. The average Bonchev–Trinajstić information content (AvgIpc) is 2.63. The van der Waals surface area contributed by atoms with Crippen LogP contribution in [-0.4, -0.2) is 39.4 Å². The van der Waals surface area contributed by atoms with Gasteiger partial charge >= 0.3 is 0 Å². The largest absolute Gasteiger partial charge is 0.386 e. The van der Waals surface area contributed by atoms with E-state index >= 15 is 0 Å². The lowest BCUT2D eigenvalue weighted by molar-refractivity contribution is -0.0199. The van der Waals surface area contributed by atoms with Crippen molar-refractivity contribution in [1.29, 1.82) is 0 Å². The fourth-order valence-electron chi connectivity index (χ4n) is 3.20. The fourth-order valence-corrected chi connectivity index (χ4v) is 3.20. The van der Waals surface area contributed by atoms with Crippen molar-refractivity contribution in [3.63, 3.8) is 0 Å². The van der Waals surface area contributed by atoms with E-state index in [1.165, 1.54) is 25.7 Å². The molecule has 4 nitrogen and oxygen atoms in total. The Morgan fingerprint density at radius 1 is 1.28 bits per heavy atom. The SMILES string of the molecule is CN(C)C1(C(O)c2cnn(C)c2)CCCCCC1. The van der Waals surface area contributed by atoms with Gasteiger partial charge in [0.15, 0.2) is 0 Å². The van der Waals surface area contributed by atoms with Gasteiger partial charge in [-0.1, -0.05) is 25.7 Å². The van der Waals surface area contributed by atoms with Crippen LogP contribution in [0.2, 0.25) is 0 Å². The van der Waals surface area contributed by atoms with E-state index in [9.17, 15) is 5.11 Å². The van der Waals surface area contributed by atoms with Crippen LogP contribution in [0.4, 0.5) is 0 Å². The zero-order valence-electron chi connectivity index (χ0n) is 11.8. The Kier molecular flexibility index (Phi) is 4.07. The summed E-state index contributed by atoms with van der Waals surface area (Å²) in [6, 6.07) is 0. The van der Waals surface area contributed by atoms with E-state index in [2.05, 4.69) is 24.1 Å². The van der Waals surface area contributed by atoms with Gasteiger partial charge in [0.25, 0.3) is 0 Å². The summed E-state index contributed by atoms with van der Waals surface area (Å²) in [6.07, 6.45) is 10.4. The Balaban J connectivity index is 2.28. The molecule has 18 heavy (non-hydrogen) atoms. The highest BCUT2D eigenvalue weighted by molar-refractivity contribution is 5.15. The average molecular weight is 251 g/mol. The molecule has 1 aliphatic rings. The topological polar surface area (TPSA) is 41.3 Å². The fraction of sp³-hybridized carbons (Fsp3) is 0.786. The third-order valence-electron chi connectivity index (χ3n) is 4.41.